The molecule has 5 nitrogen and oxygen atoms in total. The summed E-state index contributed by atoms with van der Waals surface area (Å²) in [7, 11) is 0. The van der Waals surface area contributed by atoms with Gasteiger partial charge in [-0.25, -0.2) is 9.67 Å². The first-order valence-corrected chi connectivity index (χ1v) is 8.71. The molecule has 2 aliphatic rings. The van der Waals surface area contributed by atoms with Crippen molar-refractivity contribution in [2.75, 3.05) is 5.32 Å². The molecule has 120 valence electrons. The quantitative estimate of drug-likeness (QED) is 0.925. The molecule has 0 saturated heterocycles. The number of allylic oxidation sites excluding steroid dienone is 3. The van der Waals surface area contributed by atoms with Crippen LogP contribution in [0, 0.1) is 5.92 Å². The Labute approximate surface area is 136 Å². The molecule has 0 aromatic carbocycles. The Morgan fingerprint density at radius 2 is 2.04 bits per heavy atom. The minimum Gasteiger partial charge on any atom is -0.324 e. The topological polar surface area (TPSA) is 55.6 Å². The first-order valence-electron chi connectivity index (χ1n) is 8.71. The van der Waals surface area contributed by atoms with E-state index in [-0.39, 0.29) is 0 Å². The lowest BCUT2D eigenvalue weighted by Crippen LogP contribution is -2.15. The van der Waals surface area contributed by atoms with E-state index in [0.717, 1.165) is 42.0 Å². The largest absolute Gasteiger partial charge is 0.324 e. The third-order valence-electron chi connectivity index (χ3n) is 4.78. The van der Waals surface area contributed by atoms with Crippen LogP contribution in [0.3, 0.4) is 0 Å². The molecule has 1 fully saturated rings. The summed E-state index contributed by atoms with van der Waals surface area (Å²) in [5.41, 5.74) is 2.02. The maximum Gasteiger partial charge on any atom is 0.229 e. The Bertz CT molecular complexity index is 737. The van der Waals surface area contributed by atoms with Crippen molar-refractivity contribution in [3.63, 3.8) is 0 Å². The maximum absolute atomic E-state index is 4.70. The first kappa shape index (κ1) is 14.4. The van der Waals surface area contributed by atoms with E-state index >= 15 is 0 Å². The van der Waals surface area contributed by atoms with Crippen molar-refractivity contribution in [1.29, 1.82) is 0 Å². The van der Waals surface area contributed by atoms with Gasteiger partial charge in [0.1, 0.15) is 0 Å². The summed E-state index contributed by atoms with van der Waals surface area (Å²) in [5.74, 6) is 1.39. The normalized spacial score (nSPS) is 19.0. The Morgan fingerprint density at radius 1 is 1.13 bits per heavy atom. The van der Waals surface area contributed by atoms with Gasteiger partial charge in [0.2, 0.25) is 5.95 Å². The summed E-state index contributed by atoms with van der Waals surface area (Å²) in [5, 5.41) is 8.85. The second-order valence-electron chi connectivity index (χ2n) is 6.57. The van der Waals surface area contributed by atoms with Gasteiger partial charge in [-0.05, 0) is 37.7 Å². The molecule has 1 saturated carbocycles. The number of hydrogen-bond donors (Lipinski definition) is 1. The van der Waals surface area contributed by atoms with Gasteiger partial charge in [-0.1, -0.05) is 31.4 Å². The van der Waals surface area contributed by atoms with E-state index in [4.69, 9.17) is 4.98 Å². The summed E-state index contributed by atoms with van der Waals surface area (Å²) in [6.07, 6.45) is 19.1. The molecule has 2 aromatic heterocycles. The van der Waals surface area contributed by atoms with Gasteiger partial charge in [0.25, 0.3) is 0 Å². The molecule has 0 bridgehead atoms. The monoisotopic (exact) mass is 309 g/mol. The lowest BCUT2D eigenvalue weighted by atomic mass is 9.89. The number of nitrogens with zero attached hydrogens (tertiary/aromatic N) is 4. The van der Waals surface area contributed by atoms with Gasteiger partial charge in [-0.15, -0.1) is 0 Å². The fourth-order valence-corrected chi connectivity index (χ4v) is 3.51. The highest BCUT2D eigenvalue weighted by Gasteiger charge is 2.16. The van der Waals surface area contributed by atoms with Crippen LogP contribution in [0.15, 0.2) is 36.3 Å². The SMILES string of the molecule is C1=CC(Nc2ncc3cnn(CC4CCCCC4)c3n2)=CCC1. The second-order valence-corrected chi connectivity index (χ2v) is 6.57. The van der Waals surface area contributed by atoms with E-state index < -0.39 is 0 Å². The van der Waals surface area contributed by atoms with Crippen molar-refractivity contribution in [3.05, 3.63) is 36.3 Å². The number of fused-ring (bicyclic) bond motifs is 1. The minimum absolute atomic E-state index is 0.653. The molecule has 1 N–H and O–H groups in total. The van der Waals surface area contributed by atoms with Crippen LogP contribution in [-0.4, -0.2) is 19.7 Å². The molecule has 0 unspecified atom stereocenters. The van der Waals surface area contributed by atoms with Gasteiger partial charge < -0.3 is 5.32 Å². The second kappa shape index (κ2) is 6.52. The Kier molecular flexibility index (Phi) is 4.09. The number of aromatic nitrogens is 4. The zero-order chi connectivity index (χ0) is 15.5. The molecule has 2 heterocycles. The van der Waals surface area contributed by atoms with Crippen molar-refractivity contribution in [2.24, 2.45) is 5.92 Å². The molecule has 0 atom stereocenters. The number of rotatable bonds is 4. The van der Waals surface area contributed by atoms with Gasteiger partial charge >= 0.3 is 0 Å². The van der Waals surface area contributed by atoms with Crippen molar-refractivity contribution in [2.45, 2.75) is 51.5 Å². The molecule has 23 heavy (non-hydrogen) atoms. The van der Waals surface area contributed by atoms with Crippen LogP contribution < -0.4 is 5.32 Å². The molecular formula is C18H23N5. The fraction of sp³-hybridized carbons (Fsp3) is 0.500. The number of nitrogens with one attached hydrogen (secondary N) is 1. The van der Waals surface area contributed by atoms with Crippen molar-refractivity contribution < 1.29 is 0 Å². The summed E-state index contributed by atoms with van der Waals surface area (Å²) in [6.45, 7) is 0.975. The smallest absolute Gasteiger partial charge is 0.229 e. The molecule has 0 amide bonds. The number of anilines is 1. The van der Waals surface area contributed by atoms with Crippen LogP contribution in [0.25, 0.3) is 11.0 Å². The molecule has 5 heteroatoms. The average Bonchev–Trinajstić information content (AvgIpc) is 2.99. The standard InChI is InChI=1S/C18H23N5/c1-3-7-14(8-4-1)13-23-17-15(12-20-23)11-19-18(22-17)21-16-9-5-2-6-10-16/h5,9-12,14H,1-4,6-8,13H2,(H,19,21,22). The van der Waals surface area contributed by atoms with Crippen LogP contribution in [0.4, 0.5) is 5.95 Å². The summed E-state index contributed by atoms with van der Waals surface area (Å²) >= 11 is 0. The Balaban J connectivity index is 1.55. The van der Waals surface area contributed by atoms with Gasteiger partial charge in [0.05, 0.1) is 11.6 Å². The van der Waals surface area contributed by atoms with E-state index in [2.05, 4.69) is 38.3 Å². The number of hydrogen-bond acceptors (Lipinski definition) is 4. The van der Waals surface area contributed by atoms with Crippen molar-refractivity contribution >= 4 is 17.0 Å². The highest BCUT2D eigenvalue weighted by atomic mass is 15.3. The molecular weight excluding hydrogens is 286 g/mol. The van der Waals surface area contributed by atoms with E-state index in [1.165, 1.54) is 32.1 Å². The lowest BCUT2D eigenvalue weighted by Gasteiger charge is -2.21. The van der Waals surface area contributed by atoms with E-state index in [1.54, 1.807) is 0 Å². The van der Waals surface area contributed by atoms with Crippen LogP contribution >= 0.6 is 0 Å². The van der Waals surface area contributed by atoms with Crippen LogP contribution in [0.5, 0.6) is 0 Å². The molecule has 4 rings (SSSR count). The van der Waals surface area contributed by atoms with E-state index in [0.29, 0.717) is 5.95 Å². The molecule has 2 aliphatic carbocycles. The summed E-state index contributed by atoms with van der Waals surface area (Å²) < 4.78 is 2.06. The van der Waals surface area contributed by atoms with Gasteiger partial charge in [-0.3, -0.25) is 0 Å². The van der Waals surface area contributed by atoms with Crippen molar-refractivity contribution in [3.8, 4) is 0 Å². The molecule has 0 radical (unpaired) electrons. The van der Waals surface area contributed by atoms with E-state index in [1.807, 2.05) is 12.4 Å². The molecule has 2 aromatic rings. The van der Waals surface area contributed by atoms with Crippen LogP contribution in [0.2, 0.25) is 0 Å². The Morgan fingerprint density at radius 3 is 2.87 bits per heavy atom. The third kappa shape index (κ3) is 3.28. The maximum atomic E-state index is 4.70. The summed E-state index contributed by atoms with van der Waals surface area (Å²) in [6, 6.07) is 0. The van der Waals surface area contributed by atoms with Crippen LogP contribution in [-0.2, 0) is 6.54 Å². The molecule has 0 aliphatic heterocycles. The first-order chi connectivity index (χ1) is 11.4. The average molecular weight is 309 g/mol. The predicted molar refractivity (Wildman–Crippen MR) is 92.0 cm³/mol. The van der Waals surface area contributed by atoms with Crippen LogP contribution in [0.1, 0.15) is 44.9 Å². The lowest BCUT2D eigenvalue weighted by molar-refractivity contribution is 0.311. The van der Waals surface area contributed by atoms with Gasteiger partial charge in [-0.2, -0.15) is 10.1 Å². The van der Waals surface area contributed by atoms with E-state index in [9.17, 15) is 0 Å². The highest BCUT2D eigenvalue weighted by molar-refractivity contribution is 5.74. The fourth-order valence-electron chi connectivity index (χ4n) is 3.51. The predicted octanol–water partition coefficient (Wildman–Crippen LogP) is 4.05. The van der Waals surface area contributed by atoms with Gasteiger partial charge in [0.15, 0.2) is 5.65 Å². The summed E-state index contributed by atoms with van der Waals surface area (Å²) in [4.78, 5) is 9.11. The zero-order valence-corrected chi connectivity index (χ0v) is 13.4. The molecule has 0 spiro atoms. The highest BCUT2D eigenvalue weighted by Crippen LogP contribution is 2.26. The van der Waals surface area contributed by atoms with Gasteiger partial charge in [0, 0.05) is 18.4 Å². The zero-order valence-electron chi connectivity index (χ0n) is 13.4. The minimum atomic E-state index is 0.653. The third-order valence-corrected chi connectivity index (χ3v) is 4.78. The Hall–Kier alpha value is -2.17. The van der Waals surface area contributed by atoms with Crippen molar-refractivity contribution in [1.82, 2.24) is 19.7 Å².